The van der Waals surface area contributed by atoms with E-state index in [9.17, 15) is 4.79 Å². The van der Waals surface area contributed by atoms with E-state index in [1.54, 1.807) is 6.20 Å². The van der Waals surface area contributed by atoms with E-state index in [2.05, 4.69) is 21.4 Å². The van der Waals surface area contributed by atoms with E-state index >= 15 is 0 Å². The van der Waals surface area contributed by atoms with Crippen molar-refractivity contribution in [2.75, 3.05) is 32.9 Å². The topological polar surface area (TPSA) is 87.0 Å². The number of benzene rings is 2. The summed E-state index contributed by atoms with van der Waals surface area (Å²) in [5.74, 6) is 0.395. The summed E-state index contributed by atoms with van der Waals surface area (Å²) in [6, 6.07) is 17.8. The first-order valence-electron chi connectivity index (χ1n) is 10.9. The number of carbonyl (C=O) groups excluding carboxylic acids is 1. The van der Waals surface area contributed by atoms with Crippen molar-refractivity contribution < 1.29 is 4.79 Å². The largest absolute Gasteiger partial charge is 0.383 e. The SMILES string of the molecule is CC.CN(C)CCNC(=O)c1cccc(-c2cnc(N)c(-c3ccc4[nH]ccc4c3)c2)c1. The van der Waals surface area contributed by atoms with Crippen LogP contribution in [0.15, 0.2) is 67.0 Å². The van der Waals surface area contributed by atoms with Gasteiger partial charge in [-0.1, -0.05) is 32.0 Å². The number of hydrogen-bond donors (Lipinski definition) is 3. The van der Waals surface area contributed by atoms with E-state index < -0.39 is 0 Å². The summed E-state index contributed by atoms with van der Waals surface area (Å²) < 4.78 is 0. The lowest BCUT2D eigenvalue weighted by Gasteiger charge is -2.12. The lowest BCUT2D eigenvalue weighted by atomic mass is 9.99. The fourth-order valence-electron chi connectivity index (χ4n) is 3.42. The van der Waals surface area contributed by atoms with Gasteiger partial charge in [0.25, 0.3) is 5.91 Å². The Hall–Kier alpha value is -3.64. The number of nitrogens with zero attached hydrogens (tertiary/aromatic N) is 2. The lowest BCUT2D eigenvalue weighted by Crippen LogP contribution is -2.31. The van der Waals surface area contributed by atoms with Gasteiger partial charge in [0.2, 0.25) is 0 Å². The highest BCUT2D eigenvalue weighted by Gasteiger charge is 2.11. The molecule has 2 aromatic carbocycles. The number of anilines is 1. The first kappa shape index (κ1) is 23.0. The number of aromatic nitrogens is 2. The Labute approximate surface area is 189 Å². The van der Waals surface area contributed by atoms with Crippen molar-refractivity contribution in [2.45, 2.75) is 13.8 Å². The number of hydrogen-bond acceptors (Lipinski definition) is 4. The monoisotopic (exact) mass is 429 g/mol. The Balaban J connectivity index is 0.00000141. The van der Waals surface area contributed by atoms with Crippen LogP contribution >= 0.6 is 0 Å². The molecule has 4 rings (SSSR count). The van der Waals surface area contributed by atoms with Crippen molar-refractivity contribution >= 4 is 22.6 Å². The van der Waals surface area contributed by atoms with Crippen LogP contribution in [-0.2, 0) is 0 Å². The van der Waals surface area contributed by atoms with Crippen LogP contribution in [-0.4, -0.2) is 48.0 Å². The summed E-state index contributed by atoms with van der Waals surface area (Å²) in [6.45, 7) is 5.40. The summed E-state index contributed by atoms with van der Waals surface area (Å²) in [5.41, 5.74) is 11.6. The molecule has 166 valence electrons. The average Bonchev–Trinajstić information content (AvgIpc) is 3.28. The molecular weight excluding hydrogens is 398 g/mol. The second-order valence-electron chi connectivity index (χ2n) is 7.58. The Morgan fingerprint density at radius 1 is 1.03 bits per heavy atom. The molecule has 6 nitrogen and oxygen atoms in total. The first-order chi connectivity index (χ1) is 15.5. The van der Waals surface area contributed by atoms with Crippen molar-refractivity contribution in [1.82, 2.24) is 20.2 Å². The predicted molar refractivity (Wildman–Crippen MR) is 134 cm³/mol. The van der Waals surface area contributed by atoms with Gasteiger partial charge in [-0.3, -0.25) is 4.79 Å². The van der Waals surface area contributed by atoms with E-state index in [1.807, 2.05) is 87.6 Å². The van der Waals surface area contributed by atoms with Crippen molar-refractivity contribution in [3.8, 4) is 22.3 Å². The van der Waals surface area contributed by atoms with Crippen molar-refractivity contribution in [2.24, 2.45) is 0 Å². The molecule has 0 radical (unpaired) electrons. The van der Waals surface area contributed by atoms with Gasteiger partial charge >= 0.3 is 0 Å². The van der Waals surface area contributed by atoms with Gasteiger partial charge in [0.05, 0.1) is 0 Å². The molecule has 0 saturated carbocycles. The average molecular weight is 430 g/mol. The van der Waals surface area contributed by atoms with Gasteiger partial charge in [0, 0.05) is 47.7 Å². The van der Waals surface area contributed by atoms with Crippen LogP contribution in [0.2, 0.25) is 0 Å². The van der Waals surface area contributed by atoms with Crippen LogP contribution in [0.4, 0.5) is 5.82 Å². The molecule has 0 aliphatic rings. The predicted octanol–water partition coefficient (Wildman–Crippen LogP) is 4.80. The fourth-order valence-corrected chi connectivity index (χ4v) is 3.42. The molecule has 0 aliphatic carbocycles. The second-order valence-corrected chi connectivity index (χ2v) is 7.58. The number of amides is 1. The molecule has 0 unspecified atom stereocenters. The Kier molecular flexibility index (Phi) is 7.63. The quantitative estimate of drug-likeness (QED) is 0.411. The maximum absolute atomic E-state index is 12.5. The molecular formula is C26H31N5O. The first-order valence-corrected chi connectivity index (χ1v) is 10.9. The number of nitrogen functional groups attached to an aromatic ring is 1. The molecule has 2 aromatic heterocycles. The Morgan fingerprint density at radius 3 is 2.62 bits per heavy atom. The third-order valence-electron chi connectivity index (χ3n) is 5.09. The number of rotatable bonds is 6. The van der Waals surface area contributed by atoms with Gasteiger partial charge in [-0.05, 0) is 67.0 Å². The minimum atomic E-state index is -0.0831. The van der Waals surface area contributed by atoms with Crippen molar-refractivity contribution in [1.29, 1.82) is 0 Å². The number of aromatic amines is 1. The molecule has 0 spiro atoms. The molecule has 4 N–H and O–H groups in total. The zero-order valence-corrected chi connectivity index (χ0v) is 19.1. The number of nitrogens with two attached hydrogens (primary N) is 1. The highest BCUT2D eigenvalue weighted by Crippen LogP contribution is 2.31. The number of H-pyrrole nitrogens is 1. The molecule has 2 heterocycles. The molecule has 4 aromatic rings. The number of carbonyl (C=O) groups is 1. The molecule has 6 heteroatoms. The summed E-state index contributed by atoms with van der Waals surface area (Å²) in [5, 5.41) is 4.07. The molecule has 0 fully saturated rings. The summed E-state index contributed by atoms with van der Waals surface area (Å²) >= 11 is 0. The molecule has 0 saturated heterocycles. The Bertz CT molecular complexity index is 1200. The van der Waals surface area contributed by atoms with E-state index in [0.717, 1.165) is 39.7 Å². The van der Waals surface area contributed by atoms with E-state index in [-0.39, 0.29) is 5.91 Å². The number of pyridine rings is 1. The summed E-state index contributed by atoms with van der Waals surface area (Å²) in [4.78, 5) is 22.1. The van der Waals surface area contributed by atoms with Crippen LogP contribution in [0.1, 0.15) is 24.2 Å². The van der Waals surface area contributed by atoms with Crippen molar-refractivity contribution in [3.05, 3.63) is 72.6 Å². The highest BCUT2D eigenvalue weighted by molar-refractivity contribution is 5.95. The molecule has 0 aliphatic heterocycles. The lowest BCUT2D eigenvalue weighted by molar-refractivity contribution is 0.0951. The minimum Gasteiger partial charge on any atom is -0.383 e. The number of fused-ring (bicyclic) bond motifs is 1. The Morgan fingerprint density at radius 2 is 1.84 bits per heavy atom. The van der Waals surface area contributed by atoms with Crippen LogP contribution in [0.25, 0.3) is 33.2 Å². The zero-order chi connectivity index (χ0) is 23.1. The van der Waals surface area contributed by atoms with Gasteiger partial charge < -0.3 is 20.9 Å². The molecule has 0 bridgehead atoms. The minimum absolute atomic E-state index is 0.0831. The number of nitrogens with one attached hydrogen (secondary N) is 2. The highest BCUT2D eigenvalue weighted by atomic mass is 16.1. The van der Waals surface area contributed by atoms with Gasteiger partial charge in [0.15, 0.2) is 0 Å². The van der Waals surface area contributed by atoms with E-state index in [4.69, 9.17) is 5.73 Å². The third kappa shape index (κ3) is 5.34. The van der Waals surface area contributed by atoms with Crippen LogP contribution in [0, 0.1) is 0 Å². The van der Waals surface area contributed by atoms with E-state index in [0.29, 0.717) is 17.9 Å². The smallest absolute Gasteiger partial charge is 0.251 e. The van der Waals surface area contributed by atoms with Gasteiger partial charge in [-0.2, -0.15) is 0 Å². The maximum Gasteiger partial charge on any atom is 0.251 e. The standard InChI is InChI=1S/C24H25N5O.C2H6/c1-29(2)11-10-27-24(30)19-5-3-4-16(12-19)20-14-21(23(25)28-15-20)17-6-7-22-18(13-17)8-9-26-22;1-2/h3-9,12-15,26H,10-11H2,1-2H3,(H2,25,28)(H,27,30);1-2H3. The third-order valence-corrected chi connectivity index (χ3v) is 5.09. The second kappa shape index (κ2) is 10.6. The maximum atomic E-state index is 12.5. The van der Waals surface area contributed by atoms with E-state index in [1.165, 1.54) is 0 Å². The molecule has 0 atom stereocenters. The van der Waals surface area contributed by atoms with Crippen LogP contribution in [0.3, 0.4) is 0 Å². The van der Waals surface area contributed by atoms with Crippen molar-refractivity contribution in [3.63, 3.8) is 0 Å². The van der Waals surface area contributed by atoms with Gasteiger partial charge in [0.1, 0.15) is 5.82 Å². The zero-order valence-electron chi connectivity index (χ0n) is 19.1. The summed E-state index contributed by atoms with van der Waals surface area (Å²) in [7, 11) is 3.96. The van der Waals surface area contributed by atoms with Gasteiger partial charge in [-0.15, -0.1) is 0 Å². The molecule has 1 amide bonds. The fraction of sp³-hybridized carbons (Fsp3) is 0.231. The normalized spacial score (nSPS) is 10.7. The number of likely N-dealkylation sites (N-methyl/N-ethyl adjacent to an activating group) is 1. The van der Waals surface area contributed by atoms with Crippen LogP contribution < -0.4 is 11.1 Å². The molecule has 32 heavy (non-hydrogen) atoms. The van der Waals surface area contributed by atoms with Crippen LogP contribution in [0.5, 0.6) is 0 Å². The summed E-state index contributed by atoms with van der Waals surface area (Å²) in [6.07, 6.45) is 3.66. The van der Waals surface area contributed by atoms with Gasteiger partial charge in [-0.25, -0.2) is 4.98 Å².